The first-order chi connectivity index (χ1) is 14.0. The van der Waals surface area contributed by atoms with Crippen molar-refractivity contribution in [2.75, 3.05) is 0 Å². The van der Waals surface area contributed by atoms with Gasteiger partial charge in [-0.25, -0.2) is 4.98 Å². The summed E-state index contributed by atoms with van der Waals surface area (Å²) in [5.41, 5.74) is 0.570. The van der Waals surface area contributed by atoms with E-state index in [2.05, 4.69) is 12.1 Å². The average Bonchev–Trinajstić information content (AvgIpc) is 2.70. The lowest BCUT2D eigenvalue weighted by Crippen LogP contribution is -2.58. The van der Waals surface area contributed by atoms with Crippen LogP contribution in [0.2, 0.25) is 0 Å². The summed E-state index contributed by atoms with van der Waals surface area (Å²) in [5.74, 6) is 0.797. The second kappa shape index (κ2) is 6.02. The van der Waals surface area contributed by atoms with E-state index in [1.807, 2.05) is 36.4 Å². The van der Waals surface area contributed by atoms with E-state index in [4.69, 9.17) is 9.72 Å². The molecule has 2 aromatic carbocycles. The van der Waals surface area contributed by atoms with Gasteiger partial charge in [-0.15, -0.1) is 0 Å². The standard InChI is InChI=1S/C25H25NO3/c27-23(24-10-16-9-17(11-24)13-25(28,12-16)15-24)29-14-22-20-7-2-1-5-18(20)19-6-3-4-8-21(19)26-22/h1-8,16-17,28H,9-15H2/t16-,17+,24?,25?. The van der Waals surface area contributed by atoms with Crippen LogP contribution < -0.4 is 0 Å². The lowest BCUT2D eigenvalue weighted by Gasteiger charge is -2.58. The van der Waals surface area contributed by atoms with Gasteiger partial charge in [0, 0.05) is 10.8 Å². The molecule has 1 N–H and O–H groups in total. The number of para-hydroxylation sites is 1. The number of hydrogen-bond donors (Lipinski definition) is 1. The minimum Gasteiger partial charge on any atom is -0.459 e. The van der Waals surface area contributed by atoms with Gasteiger partial charge in [0.25, 0.3) is 0 Å². The maximum absolute atomic E-state index is 13.3. The van der Waals surface area contributed by atoms with Crippen molar-refractivity contribution < 1.29 is 14.6 Å². The molecular weight excluding hydrogens is 362 g/mol. The van der Waals surface area contributed by atoms with Crippen LogP contribution in [-0.2, 0) is 16.1 Å². The number of benzene rings is 2. The molecule has 0 spiro atoms. The SMILES string of the molecule is O=C(OCc1nc2ccccc2c2ccccc12)C12C[C@@H]3C[C@@H](CC(O)(C3)C1)C2. The van der Waals surface area contributed by atoms with Crippen LogP contribution in [0.25, 0.3) is 21.7 Å². The molecule has 7 rings (SSSR count). The summed E-state index contributed by atoms with van der Waals surface area (Å²) >= 11 is 0. The third-order valence-electron chi connectivity index (χ3n) is 7.49. The monoisotopic (exact) mass is 387 g/mol. The molecule has 4 nitrogen and oxygen atoms in total. The number of pyridine rings is 1. The van der Waals surface area contributed by atoms with E-state index in [0.29, 0.717) is 18.3 Å². The number of hydrogen-bond acceptors (Lipinski definition) is 4. The Labute approximate surface area is 169 Å². The quantitative estimate of drug-likeness (QED) is 0.520. The predicted octanol–water partition coefficient (Wildman–Crippen LogP) is 4.76. The summed E-state index contributed by atoms with van der Waals surface area (Å²) in [6, 6.07) is 16.3. The number of fused-ring (bicyclic) bond motifs is 3. The second-order valence-electron chi connectivity index (χ2n) is 9.66. The van der Waals surface area contributed by atoms with E-state index in [1.54, 1.807) is 0 Å². The van der Waals surface area contributed by atoms with Gasteiger partial charge in [0.05, 0.1) is 22.2 Å². The molecule has 3 aromatic rings. The van der Waals surface area contributed by atoms with E-state index in [0.717, 1.165) is 59.5 Å². The summed E-state index contributed by atoms with van der Waals surface area (Å²) in [6.45, 7) is 0.180. The van der Waals surface area contributed by atoms with Gasteiger partial charge in [0.1, 0.15) is 6.61 Å². The highest BCUT2D eigenvalue weighted by atomic mass is 16.5. The van der Waals surface area contributed by atoms with Crippen molar-refractivity contribution >= 4 is 27.6 Å². The van der Waals surface area contributed by atoms with Crippen LogP contribution in [-0.4, -0.2) is 21.7 Å². The fourth-order valence-electron chi connectivity index (χ4n) is 6.82. The number of aromatic nitrogens is 1. The van der Waals surface area contributed by atoms with Crippen molar-refractivity contribution in [1.82, 2.24) is 4.98 Å². The molecule has 29 heavy (non-hydrogen) atoms. The zero-order valence-corrected chi connectivity index (χ0v) is 16.4. The molecule has 0 saturated heterocycles. The lowest BCUT2D eigenvalue weighted by molar-refractivity contribution is -0.197. The number of aliphatic hydroxyl groups is 1. The van der Waals surface area contributed by atoms with Crippen molar-refractivity contribution in [3.63, 3.8) is 0 Å². The minimum absolute atomic E-state index is 0.135. The lowest BCUT2D eigenvalue weighted by atomic mass is 9.48. The molecule has 1 aromatic heterocycles. The first-order valence-corrected chi connectivity index (χ1v) is 10.7. The minimum atomic E-state index is -0.656. The fraction of sp³-hybridized carbons (Fsp3) is 0.440. The van der Waals surface area contributed by atoms with Crippen LogP contribution in [0.4, 0.5) is 0 Å². The summed E-state index contributed by atoms with van der Waals surface area (Å²) in [4.78, 5) is 18.1. The maximum Gasteiger partial charge on any atom is 0.312 e. The average molecular weight is 387 g/mol. The normalized spacial score (nSPS) is 32.7. The van der Waals surface area contributed by atoms with Crippen LogP contribution in [0.5, 0.6) is 0 Å². The molecule has 1 heterocycles. The van der Waals surface area contributed by atoms with Crippen LogP contribution in [0.15, 0.2) is 48.5 Å². The van der Waals surface area contributed by atoms with E-state index >= 15 is 0 Å². The summed E-state index contributed by atoms with van der Waals surface area (Å²) in [5, 5.41) is 14.2. The molecule has 4 fully saturated rings. The van der Waals surface area contributed by atoms with Gasteiger partial charge in [-0.2, -0.15) is 0 Å². The van der Waals surface area contributed by atoms with Crippen LogP contribution in [0, 0.1) is 17.3 Å². The van der Waals surface area contributed by atoms with Gasteiger partial charge in [0.2, 0.25) is 0 Å². The van der Waals surface area contributed by atoms with Crippen LogP contribution in [0.1, 0.15) is 44.2 Å². The second-order valence-corrected chi connectivity index (χ2v) is 9.66. The van der Waals surface area contributed by atoms with Gasteiger partial charge >= 0.3 is 5.97 Å². The Morgan fingerprint density at radius 3 is 2.34 bits per heavy atom. The molecule has 4 bridgehead atoms. The van der Waals surface area contributed by atoms with E-state index in [-0.39, 0.29) is 12.6 Å². The summed E-state index contributed by atoms with van der Waals surface area (Å²) in [6.07, 6.45) is 5.18. The molecule has 148 valence electrons. The first kappa shape index (κ1) is 17.4. The molecule has 4 aliphatic rings. The van der Waals surface area contributed by atoms with Gasteiger partial charge < -0.3 is 9.84 Å². The van der Waals surface area contributed by atoms with Crippen molar-refractivity contribution in [3.8, 4) is 0 Å². The highest BCUT2D eigenvalue weighted by Gasteiger charge is 2.60. The predicted molar refractivity (Wildman–Crippen MR) is 111 cm³/mol. The number of esters is 1. The Hall–Kier alpha value is -2.46. The number of carbonyl (C=O) groups is 1. The molecule has 4 saturated carbocycles. The van der Waals surface area contributed by atoms with E-state index < -0.39 is 11.0 Å². The molecule has 4 atom stereocenters. The topological polar surface area (TPSA) is 59.4 Å². The Bertz CT molecular complexity index is 1120. The number of ether oxygens (including phenoxy) is 1. The van der Waals surface area contributed by atoms with Crippen molar-refractivity contribution in [2.24, 2.45) is 17.3 Å². The summed E-state index contributed by atoms with van der Waals surface area (Å²) in [7, 11) is 0. The third-order valence-corrected chi connectivity index (χ3v) is 7.49. The number of nitrogens with zero attached hydrogens (tertiary/aromatic N) is 1. The highest BCUT2D eigenvalue weighted by molar-refractivity contribution is 6.06. The molecule has 2 unspecified atom stereocenters. The Kier molecular flexibility index (Phi) is 3.61. The van der Waals surface area contributed by atoms with Gasteiger partial charge in [-0.05, 0) is 61.8 Å². The maximum atomic E-state index is 13.3. The highest BCUT2D eigenvalue weighted by Crippen LogP contribution is 2.62. The molecule has 0 radical (unpaired) electrons. The van der Waals surface area contributed by atoms with Gasteiger partial charge in [0.15, 0.2) is 0 Å². The van der Waals surface area contributed by atoms with E-state index in [1.165, 1.54) is 0 Å². The third kappa shape index (κ3) is 2.69. The zero-order valence-electron chi connectivity index (χ0n) is 16.4. The molecule has 0 amide bonds. The number of rotatable bonds is 3. The van der Waals surface area contributed by atoms with Gasteiger partial charge in [-0.1, -0.05) is 42.5 Å². The Balaban J connectivity index is 1.32. The largest absolute Gasteiger partial charge is 0.459 e. The first-order valence-electron chi connectivity index (χ1n) is 10.7. The molecule has 0 aliphatic heterocycles. The molecular formula is C25H25NO3. The van der Waals surface area contributed by atoms with Crippen LogP contribution >= 0.6 is 0 Å². The summed E-state index contributed by atoms with van der Waals surface area (Å²) < 4.78 is 5.90. The molecule has 4 heteroatoms. The zero-order chi connectivity index (χ0) is 19.6. The van der Waals surface area contributed by atoms with Crippen LogP contribution in [0.3, 0.4) is 0 Å². The van der Waals surface area contributed by atoms with Gasteiger partial charge in [-0.3, -0.25) is 4.79 Å². The number of carbonyl (C=O) groups excluding carboxylic acids is 1. The van der Waals surface area contributed by atoms with Crippen molar-refractivity contribution in [3.05, 3.63) is 54.2 Å². The smallest absolute Gasteiger partial charge is 0.312 e. The molecule has 4 aliphatic carbocycles. The Morgan fingerprint density at radius 1 is 0.966 bits per heavy atom. The van der Waals surface area contributed by atoms with Crippen molar-refractivity contribution in [2.45, 2.75) is 50.7 Å². The van der Waals surface area contributed by atoms with Crippen molar-refractivity contribution in [1.29, 1.82) is 0 Å². The fourth-order valence-corrected chi connectivity index (χ4v) is 6.82. The Morgan fingerprint density at radius 2 is 1.62 bits per heavy atom. The van der Waals surface area contributed by atoms with E-state index in [9.17, 15) is 9.90 Å².